The lowest BCUT2D eigenvalue weighted by atomic mass is 10.1. The van der Waals surface area contributed by atoms with Crippen molar-refractivity contribution in [2.24, 2.45) is 5.92 Å². The minimum Gasteiger partial charge on any atom is -0.497 e. The zero-order chi connectivity index (χ0) is 19.7. The first-order valence-corrected chi connectivity index (χ1v) is 11.0. The Hall–Kier alpha value is -1.99. The number of hydrogen-bond donors (Lipinski definition) is 0. The van der Waals surface area contributed by atoms with E-state index in [1.807, 2.05) is 41.3 Å². The van der Waals surface area contributed by atoms with Crippen LogP contribution in [-0.2, 0) is 9.59 Å². The van der Waals surface area contributed by atoms with Crippen LogP contribution in [0.2, 0.25) is 0 Å². The molecule has 0 aliphatic carbocycles. The predicted octanol–water partition coefficient (Wildman–Crippen LogP) is 4.08. The van der Waals surface area contributed by atoms with E-state index in [4.69, 9.17) is 4.74 Å². The van der Waals surface area contributed by atoms with Gasteiger partial charge in [0.2, 0.25) is 11.8 Å². The van der Waals surface area contributed by atoms with Gasteiger partial charge in [-0.3, -0.25) is 9.59 Å². The number of amides is 2. The van der Waals surface area contributed by atoms with Gasteiger partial charge in [0, 0.05) is 35.4 Å². The Kier molecular flexibility index (Phi) is 5.64. The maximum atomic E-state index is 13.2. The van der Waals surface area contributed by atoms with Gasteiger partial charge in [0.25, 0.3) is 0 Å². The third kappa shape index (κ3) is 3.78. The summed E-state index contributed by atoms with van der Waals surface area (Å²) in [6, 6.07) is 15.5. The predicted molar refractivity (Wildman–Crippen MR) is 115 cm³/mol. The van der Waals surface area contributed by atoms with Crippen LogP contribution in [-0.4, -0.2) is 42.7 Å². The van der Waals surface area contributed by atoms with E-state index in [2.05, 4.69) is 28.1 Å². The second-order valence-corrected chi connectivity index (χ2v) is 9.01. The highest BCUT2D eigenvalue weighted by atomic mass is 79.9. The molecule has 2 aromatic rings. The fourth-order valence-corrected chi connectivity index (χ4v) is 5.25. The summed E-state index contributed by atoms with van der Waals surface area (Å²) in [7, 11) is 1.61. The van der Waals surface area contributed by atoms with E-state index in [9.17, 15) is 9.59 Å². The lowest BCUT2D eigenvalue weighted by Crippen LogP contribution is -2.37. The highest BCUT2D eigenvalue weighted by molar-refractivity contribution is 9.10. The zero-order valence-electron chi connectivity index (χ0n) is 15.5. The van der Waals surface area contributed by atoms with Gasteiger partial charge in [0.15, 0.2) is 0 Å². The molecule has 4 rings (SSSR count). The second kappa shape index (κ2) is 8.17. The van der Waals surface area contributed by atoms with Crippen molar-refractivity contribution in [3.05, 3.63) is 58.6 Å². The van der Waals surface area contributed by atoms with Gasteiger partial charge in [-0.1, -0.05) is 28.1 Å². The SMILES string of the molecule is COc1ccc(N2CC(C(=O)N3CCSC3c3ccc(Br)cc3)CC2=O)cc1. The lowest BCUT2D eigenvalue weighted by Gasteiger charge is -2.27. The van der Waals surface area contributed by atoms with Crippen LogP contribution in [0.15, 0.2) is 53.0 Å². The highest BCUT2D eigenvalue weighted by Crippen LogP contribution is 2.40. The van der Waals surface area contributed by atoms with Crippen LogP contribution in [0.3, 0.4) is 0 Å². The van der Waals surface area contributed by atoms with Crippen LogP contribution >= 0.6 is 27.7 Å². The first-order valence-electron chi connectivity index (χ1n) is 9.19. The molecule has 0 radical (unpaired) electrons. The molecule has 2 amide bonds. The number of carbonyl (C=O) groups is 2. The molecular formula is C21H21BrN2O3S. The van der Waals surface area contributed by atoms with Gasteiger partial charge in [-0.25, -0.2) is 0 Å². The third-order valence-corrected chi connectivity index (χ3v) is 6.98. The molecule has 0 bridgehead atoms. The van der Waals surface area contributed by atoms with Gasteiger partial charge < -0.3 is 14.5 Å². The molecule has 0 N–H and O–H groups in total. The first-order chi connectivity index (χ1) is 13.6. The van der Waals surface area contributed by atoms with Crippen LogP contribution in [0, 0.1) is 5.92 Å². The molecule has 2 saturated heterocycles. The van der Waals surface area contributed by atoms with Crippen LogP contribution < -0.4 is 9.64 Å². The maximum Gasteiger partial charge on any atom is 0.229 e. The number of rotatable bonds is 4. The molecule has 5 nitrogen and oxygen atoms in total. The molecule has 7 heteroatoms. The van der Waals surface area contributed by atoms with Crippen molar-refractivity contribution in [3.8, 4) is 5.75 Å². The minimum atomic E-state index is -0.300. The van der Waals surface area contributed by atoms with Crippen molar-refractivity contribution < 1.29 is 14.3 Å². The van der Waals surface area contributed by atoms with E-state index in [-0.39, 0.29) is 29.5 Å². The van der Waals surface area contributed by atoms with Gasteiger partial charge in [0.1, 0.15) is 11.1 Å². The number of benzene rings is 2. The van der Waals surface area contributed by atoms with Gasteiger partial charge >= 0.3 is 0 Å². The molecule has 2 unspecified atom stereocenters. The molecule has 28 heavy (non-hydrogen) atoms. The first kappa shape index (κ1) is 19.3. The van der Waals surface area contributed by atoms with E-state index in [0.717, 1.165) is 33.8 Å². The molecule has 2 heterocycles. The number of methoxy groups -OCH3 is 1. The van der Waals surface area contributed by atoms with Gasteiger partial charge in [-0.15, -0.1) is 11.8 Å². The van der Waals surface area contributed by atoms with E-state index < -0.39 is 0 Å². The largest absolute Gasteiger partial charge is 0.497 e. The summed E-state index contributed by atoms with van der Waals surface area (Å²) in [6.07, 6.45) is 0.263. The monoisotopic (exact) mass is 460 g/mol. The smallest absolute Gasteiger partial charge is 0.229 e. The molecule has 0 saturated carbocycles. The Morgan fingerprint density at radius 1 is 1.14 bits per heavy atom. The van der Waals surface area contributed by atoms with Crippen molar-refractivity contribution in [2.75, 3.05) is 30.9 Å². The number of thioether (sulfide) groups is 1. The molecule has 2 aliphatic rings. The molecule has 2 aromatic carbocycles. The normalized spacial score (nSPS) is 22.0. The summed E-state index contributed by atoms with van der Waals surface area (Å²) in [5.74, 6) is 1.42. The zero-order valence-corrected chi connectivity index (χ0v) is 17.9. The Morgan fingerprint density at radius 2 is 1.86 bits per heavy atom. The summed E-state index contributed by atoms with van der Waals surface area (Å²) < 4.78 is 6.20. The maximum absolute atomic E-state index is 13.2. The lowest BCUT2D eigenvalue weighted by molar-refractivity contribution is -0.136. The van der Waals surface area contributed by atoms with Crippen LogP contribution in [0.4, 0.5) is 5.69 Å². The molecule has 2 fully saturated rings. The third-order valence-electron chi connectivity index (χ3n) is 5.19. The number of ether oxygens (including phenoxy) is 1. The average Bonchev–Trinajstić information content (AvgIpc) is 3.35. The minimum absolute atomic E-state index is 0.00411. The van der Waals surface area contributed by atoms with Crippen LogP contribution in [0.1, 0.15) is 17.4 Å². The summed E-state index contributed by atoms with van der Waals surface area (Å²) in [6.45, 7) is 1.15. The van der Waals surface area contributed by atoms with Crippen LogP contribution in [0.5, 0.6) is 5.75 Å². The summed E-state index contributed by atoms with van der Waals surface area (Å²) >= 11 is 5.23. The highest BCUT2D eigenvalue weighted by Gasteiger charge is 2.40. The van der Waals surface area contributed by atoms with Crippen molar-refractivity contribution in [2.45, 2.75) is 11.8 Å². The summed E-state index contributed by atoms with van der Waals surface area (Å²) in [4.78, 5) is 29.4. The Balaban J connectivity index is 1.48. The quantitative estimate of drug-likeness (QED) is 0.689. The number of hydrogen-bond acceptors (Lipinski definition) is 4. The van der Waals surface area contributed by atoms with Crippen molar-refractivity contribution in [1.29, 1.82) is 0 Å². The molecule has 0 spiro atoms. The molecule has 0 aromatic heterocycles. The Labute approximate surface area is 177 Å². The molecule has 146 valence electrons. The number of nitrogens with zero attached hydrogens (tertiary/aromatic N) is 2. The van der Waals surface area contributed by atoms with E-state index >= 15 is 0 Å². The molecule has 2 aliphatic heterocycles. The number of anilines is 1. The fourth-order valence-electron chi connectivity index (χ4n) is 3.72. The van der Waals surface area contributed by atoms with E-state index in [1.165, 1.54) is 0 Å². The summed E-state index contributed by atoms with van der Waals surface area (Å²) in [5.41, 5.74) is 1.93. The Morgan fingerprint density at radius 3 is 2.54 bits per heavy atom. The second-order valence-electron chi connectivity index (χ2n) is 6.91. The Bertz CT molecular complexity index is 872. The summed E-state index contributed by atoms with van der Waals surface area (Å²) in [5, 5.41) is 0.0192. The van der Waals surface area contributed by atoms with Crippen molar-refractivity contribution in [1.82, 2.24) is 4.90 Å². The van der Waals surface area contributed by atoms with Gasteiger partial charge in [-0.05, 0) is 42.0 Å². The van der Waals surface area contributed by atoms with Gasteiger partial charge in [0.05, 0.1) is 13.0 Å². The standard InChI is InChI=1S/C21H21BrN2O3S/c1-27-18-8-6-17(7-9-18)24-13-15(12-19(24)25)20(26)23-10-11-28-21(23)14-2-4-16(22)5-3-14/h2-9,15,21H,10-13H2,1H3. The van der Waals surface area contributed by atoms with E-state index in [1.54, 1.807) is 23.8 Å². The molecule has 2 atom stereocenters. The number of carbonyl (C=O) groups excluding carboxylic acids is 2. The molecular weight excluding hydrogens is 440 g/mol. The fraction of sp³-hybridized carbons (Fsp3) is 0.333. The van der Waals surface area contributed by atoms with Crippen LogP contribution in [0.25, 0.3) is 0 Å². The van der Waals surface area contributed by atoms with Crippen molar-refractivity contribution in [3.63, 3.8) is 0 Å². The van der Waals surface area contributed by atoms with E-state index in [0.29, 0.717) is 6.54 Å². The number of halogens is 1. The topological polar surface area (TPSA) is 49.9 Å². The van der Waals surface area contributed by atoms with Gasteiger partial charge in [-0.2, -0.15) is 0 Å². The average molecular weight is 461 g/mol. The van der Waals surface area contributed by atoms with Crippen molar-refractivity contribution >= 4 is 45.2 Å².